The Morgan fingerprint density at radius 3 is 2.54 bits per heavy atom. The molecule has 1 heterocycles. The van der Waals surface area contributed by atoms with Crippen molar-refractivity contribution in [1.29, 1.82) is 0 Å². The highest BCUT2D eigenvalue weighted by atomic mass is 16.7. The molecule has 1 atom stereocenters. The van der Waals surface area contributed by atoms with Crippen LogP contribution in [0.3, 0.4) is 0 Å². The van der Waals surface area contributed by atoms with Crippen LogP contribution in [0.15, 0.2) is 18.2 Å². The van der Waals surface area contributed by atoms with Crippen molar-refractivity contribution in [3.05, 3.63) is 23.8 Å². The maximum Gasteiger partial charge on any atom is 0.305 e. The zero-order valence-electron chi connectivity index (χ0n) is 17.0. The van der Waals surface area contributed by atoms with Crippen LogP contribution in [0, 0.1) is 0 Å². The Bertz CT molecular complexity index is 627. The molecular weight excluding hydrogens is 360 g/mol. The molecule has 2 rings (SSSR count). The molecule has 28 heavy (non-hydrogen) atoms. The quantitative estimate of drug-likeness (QED) is 0.362. The SMILES string of the molecule is CCOC(=O)CCCCc1ccc2c(c1)OC(CCCCCCOC(C)=O)O2. The van der Waals surface area contributed by atoms with Gasteiger partial charge >= 0.3 is 11.9 Å². The van der Waals surface area contributed by atoms with Gasteiger partial charge in [-0.05, 0) is 56.7 Å². The van der Waals surface area contributed by atoms with Crippen molar-refractivity contribution >= 4 is 11.9 Å². The van der Waals surface area contributed by atoms with Gasteiger partial charge in [-0.15, -0.1) is 0 Å². The lowest BCUT2D eigenvalue weighted by Crippen LogP contribution is -2.17. The lowest BCUT2D eigenvalue weighted by atomic mass is 10.1. The predicted octanol–water partition coefficient (Wildman–Crippen LogP) is 4.57. The average molecular weight is 392 g/mol. The second kappa shape index (κ2) is 12.3. The van der Waals surface area contributed by atoms with Gasteiger partial charge in [-0.3, -0.25) is 9.59 Å². The molecule has 0 saturated heterocycles. The van der Waals surface area contributed by atoms with Crippen molar-refractivity contribution in [3.8, 4) is 11.5 Å². The minimum Gasteiger partial charge on any atom is -0.466 e. The normalized spacial score (nSPS) is 14.7. The van der Waals surface area contributed by atoms with Crippen molar-refractivity contribution in [3.63, 3.8) is 0 Å². The molecule has 1 aromatic carbocycles. The summed E-state index contributed by atoms with van der Waals surface area (Å²) in [6.07, 6.45) is 7.77. The van der Waals surface area contributed by atoms with Crippen molar-refractivity contribution in [2.75, 3.05) is 13.2 Å². The van der Waals surface area contributed by atoms with E-state index in [1.54, 1.807) is 0 Å². The third kappa shape index (κ3) is 8.19. The summed E-state index contributed by atoms with van der Waals surface area (Å²) in [6.45, 7) is 4.20. The molecule has 0 radical (unpaired) electrons. The molecule has 1 aromatic rings. The van der Waals surface area contributed by atoms with Crippen LogP contribution in [0.4, 0.5) is 0 Å². The van der Waals surface area contributed by atoms with Gasteiger partial charge in [0, 0.05) is 19.8 Å². The summed E-state index contributed by atoms with van der Waals surface area (Å²) in [5.41, 5.74) is 1.19. The summed E-state index contributed by atoms with van der Waals surface area (Å²) < 4.78 is 21.6. The van der Waals surface area contributed by atoms with Gasteiger partial charge in [0.15, 0.2) is 11.5 Å². The molecule has 0 N–H and O–H groups in total. The average Bonchev–Trinajstić information content (AvgIpc) is 3.06. The maximum absolute atomic E-state index is 11.4. The van der Waals surface area contributed by atoms with E-state index in [0.29, 0.717) is 19.6 Å². The summed E-state index contributed by atoms with van der Waals surface area (Å²) in [7, 11) is 0. The molecule has 0 fully saturated rings. The number of aryl methyl sites for hydroxylation is 1. The highest BCUT2D eigenvalue weighted by Gasteiger charge is 2.23. The monoisotopic (exact) mass is 392 g/mol. The molecule has 0 saturated carbocycles. The number of ether oxygens (including phenoxy) is 4. The molecule has 6 heteroatoms. The number of rotatable bonds is 13. The van der Waals surface area contributed by atoms with Crippen LogP contribution < -0.4 is 9.47 Å². The number of carbonyl (C=O) groups excluding carboxylic acids is 2. The van der Waals surface area contributed by atoms with Gasteiger partial charge < -0.3 is 18.9 Å². The van der Waals surface area contributed by atoms with E-state index in [0.717, 1.165) is 62.9 Å². The lowest BCUT2D eigenvalue weighted by Gasteiger charge is -2.09. The fourth-order valence-electron chi connectivity index (χ4n) is 3.14. The smallest absolute Gasteiger partial charge is 0.305 e. The zero-order valence-corrected chi connectivity index (χ0v) is 17.0. The standard InChI is InChI=1S/C22H32O6/c1-3-25-21(24)11-8-7-10-18-13-14-19-20(16-18)28-22(27-19)12-6-4-5-9-15-26-17(2)23/h13-14,16,22H,3-12,15H2,1-2H3. The van der Waals surface area contributed by atoms with Gasteiger partial charge in [-0.25, -0.2) is 0 Å². The van der Waals surface area contributed by atoms with Crippen molar-refractivity contribution in [2.45, 2.75) is 77.9 Å². The van der Waals surface area contributed by atoms with Gasteiger partial charge in [0.25, 0.3) is 0 Å². The van der Waals surface area contributed by atoms with Crippen LogP contribution in [0.1, 0.15) is 70.8 Å². The maximum atomic E-state index is 11.4. The largest absolute Gasteiger partial charge is 0.466 e. The summed E-state index contributed by atoms with van der Waals surface area (Å²) in [5.74, 6) is 1.27. The number of hydrogen-bond donors (Lipinski definition) is 0. The van der Waals surface area contributed by atoms with Gasteiger partial charge in [0.2, 0.25) is 6.29 Å². The van der Waals surface area contributed by atoms with Crippen molar-refractivity contribution < 1.29 is 28.5 Å². The molecular formula is C22H32O6. The van der Waals surface area contributed by atoms with Crippen molar-refractivity contribution in [1.82, 2.24) is 0 Å². The Balaban J connectivity index is 1.61. The van der Waals surface area contributed by atoms with Crippen LogP contribution in [-0.4, -0.2) is 31.4 Å². The fourth-order valence-corrected chi connectivity index (χ4v) is 3.14. The van der Waals surface area contributed by atoms with E-state index in [2.05, 4.69) is 6.07 Å². The minimum atomic E-state index is -0.220. The van der Waals surface area contributed by atoms with Crippen LogP contribution >= 0.6 is 0 Å². The second-order valence-corrected chi connectivity index (χ2v) is 7.00. The number of hydrogen-bond acceptors (Lipinski definition) is 6. The predicted molar refractivity (Wildman–Crippen MR) is 105 cm³/mol. The number of carbonyl (C=O) groups is 2. The number of benzene rings is 1. The van der Waals surface area contributed by atoms with Gasteiger partial charge in [0.1, 0.15) is 0 Å². The van der Waals surface area contributed by atoms with E-state index in [1.807, 2.05) is 19.1 Å². The summed E-state index contributed by atoms with van der Waals surface area (Å²) >= 11 is 0. The van der Waals surface area contributed by atoms with Gasteiger partial charge in [0.05, 0.1) is 13.2 Å². The molecule has 0 amide bonds. The Morgan fingerprint density at radius 2 is 1.75 bits per heavy atom. The fraction of sp³-hybridized carbons (Fsp3) is 0.636. The molecule has 6 nitrogen and oxygen atoms in total. The first-order valence-electron chi connectivity index (χ1n) is 10.3. The summed E-state index contributed by atoms with van der Waals surface area (Å²) in [5, 5.41) is 0. The first kappa shape index (κ1) is 22.1. The first-order valence-corrected chi connectivity index (χ1v) is 10.3. The number of fused-ring (bicyclic) bond motifs is 1. The third-order valence-electron chi connectivity index (χ3n) is 4.57. The number of unbranched alkanes of at least 4 members (excludes halogenated alkanes) is 4. The van der Waals surface area contributed by atoms with Crippen molar-refractivity contribution in [2.24, 2.45) is 0 Å². The highest BCUT2D eigenvalue weighted by molar-refractivity contribution is 5.69. The van der Waals surface area contributed by atoms with Crippen LogP contribution in [0.25, 0.3) is 0 Å². The van der Waals surface area contributed by atoms with E-state index >= 15 is 0 Å². The lowest BCUT2D eigenvalue weighted by molar-refractivity contribution is -0.143. The van der Waals surface area contributed by atoms with E-state index < -0.39 is 0 Å². The van der Waals surface area contributed by atoms with E-state index in [1.165, 1.54) is 12.5 Å². The van der Waals surface area contributed by atoms with E-state index in [9.17, 15) is 9.59 Å². The molecule has 1 aliphatic heterocycles. The number of esters is 2. The van der Waals surface area contributed by atoms with Crippen LogP contribution in [0.5, 0.6) is 11.5 Å². The highest BCUT2D eigenvalue weighted by Crippen LogP contribution is 2.37. The minimum absolute atomic E-state index is 0.123. The Hall–Kier alpha value is -2.24. The van der Waals surface area contributed by atoms with Gasteiger partial charge in [-0.2, -0.15) is 0 Å². The molecule has 0 spiro atoms. The second-order valence-electron chi connectivity index (χ2n) is 7.00. The molecule has 1 aliphatic rings. The summed E-state index contributed by atoms with van der Waals surface area (Å²) in [4.78, 5) is 22.0. The first-order chi connectivity index (χ1) is 13.6. The Labute approximate surface area is 167 Å². The van der Waals surface area contributed by atoms with E-state index in [4.69, 9.17) is 18.9 Å². The molecule has 0 bridgehead atoms. The Kier molecular flexibility index (Phi) is 9.66. The molecule has 0 aliphatic carbocycles. The van der Waals surface area contributed by atoms with Crippen LogP contribution in [0.2, 0.25) is 0 Å². The van der Waals surface area contributed by atoms with E-state index in [-0.39, 0.29) is 18.2 Å². The third-order valence-corrected chi connectivity index (χ3v) is 4.57. The molecule has 1 unspecified atom stereocenters. The molecule has 0 aromatic heterocycles. The summed E-state index contributed by atoms with van der Waals surface area (Å²) in [6, 6.07) is 6.07. The topological polar surface area (TPSA) is 71.1 Å². The zero-order chi connectivity index (χ0) is 20.2. The Morgan fingerprint density at radius 1 is 0.964 bits per heavy atom. The molecule has 156 valence electrons. The van der Waals surface area contributed by atoms with Crippen LogP contribution in [-0.2, 0) is 25.5 Å². The van der Waals surface area contributed by atoms with Gasteiger partial charge in [-0.1, -0.05) is 18.9 Å².